The summed E-state index contributed by atoms with van der Waals surface area (Å²) in [7, 11) is -3.60. The summed E-state index contributed by atoms with van der Waals surface area (Å²) < 4.78 is 33.1. The molecule has 0 bridgehead atoms. The molecule has 0 radical (unpaired) electrons. The molecule has 0 spiro atoms. The number of fused-ring (bicyclic) bond motifs is 1. The van der Waals surface area contributed by atoms with E-state index in [1.807, 2.05) is 60.2 Å². The van der Waals surface area contributed by atoms with Crippen LogP contribution in [0.4, 0.5) is 5.69 Å². The van der Waals surface area contributed by atoms with Crippen LogP contribution in [0.2, 0.25) is 0 Å². The van der Waals surface area contributed by atoms with Crippen molar-refractivity contribution in [1.82, 2.24) is 4.72 Å². The molecule has 4 rings (SSSR count). The second-order valence-electron chi connectivity index (χ2n) is 9.31. The SMILES string of the molecule is CCC(/C=C(/C)Sc1ccccc1NCC(=O)NS(C)(=O)=O)=C\c1oc2ccc(-c3ccccc3)cc2[n+]1CC. The lowest BCUT2D eigenvalue weighted by atomic mass is 10.1. The number of thioether (sulfide) groups is 1. The van der Waals surface area contributed by atoms with E-state index >= 15 is 0 Å². The Kier molecular flexibility index (Phi) is 9.50. The first-order valence-corrected chi connectivity index (χ1v) is 15.8. The van der Waals surface area contributed by atoms with Gasteiger partial charge in [0.25, 0.3) is 11.4 Å². The third kappa shape index (κ3) is 7.64. The molecular weight excluding hydrogens is 542 g/mol. The van der Waals surface area contributed by atoms with Crippen LogP contribution in [0.15, 0.2) is 98.7 Å². The van der Waals surface area contributed by atoms with Gasteiger partial charge in [0.1, 0.15) is 6.54 Å². The molecule has 0 saturated heterocycles. The van der Waals surface area contributed by atoms with Crippen molar-refractivity contribution in [3.63, 3.8) is 0 Å². The Morgan fingerprint density at radius 1 is 1.00 bits per heavy atom. The fourth-order valence-electron chi connectivity index (χ4n) is 4.33. The van der Waals surface area contributed by atoms with Crippen LogP contribution >= 0.6 is 11.8 Å². The summed E-state index contributed by atoms with van der Waals surface area (Å²) in [5.74, 6) is 0.185. The molecule has 208 valence electrons. The highest BCUT2D eigenvalue weighted by Crippen LogP contribution is 2.33. The van der Waals surface area contributed by atoms with Crippen LogP contribution in [-0.4, -0.2) is 27.1 Å². The summed E-state index contributed by atoms with van der Waals surface area (Å²) in [6.45, 7) is 6.90. The smallest absolute Gasteiger partial charge is 0.374 e. The third-order valence-corrected chi connectivity index (χ3v) is 7.77. The van der Waals surface area contributed by atoms with Gasteiger partial charge in [0, 0.05) is 16.6 Å². The number of hydrogen-bond acceptors (Lipinski definition) is 6. The van der Waals surface area contributed by atoms with Crippen LogP contribution in [0, 0.1) is 0 Å². The van der Waals surface area contributed by atoms with Gasteiger partial charge < -0.3 is 9.73 Å². The predicted molar refractivity (Wildman–Crippen MR) is 163 cm³/mol. The zero-order chi connectivity index (χ0) is 28.7. The number of anilines is 1. The van der Waals surface area contributed by atoms with E-state index in [0.717, 1.165) is 62.8 Å². The van der Waals surface area contributed by atoms with Crippen LogP contribution in [0.5, 0.6) is 0 Å². The van der Waals surface area contributed by atoms with E-state index in [9.17, 15) is 13.2 Å². The molecule has 0 aliphatic carbocycles. The van der Waals surface area contributed by atoms with Crippen LogP contribution in [-0.2, 0) is 21.4 Å². The number of aromatic nitrogens is 1. The first-order chi connectivity index (χ1) is 19.2. The van der Waals surface area contributed by atoms with Gasteiger partial charge in [-0.3, -0.25) is 9.52 Å². The third-order valence-electron chi connectivity index (χ3n) is 6.16. The molecule has 1 amide bonds. The first kappa shape index (κ1) is 29.2. The van der Waals surface area contributed by atoms with Crippen LogP contribution in [0.25, 0.3) is 28.3 Å². The summed E-state index contributed by atoms with van der Waals surface area (Å²) in [4.78, 5) is 13.9. The zero-order valence-electron chi connectivity index (χ0n) is 23.1. The highest BCUT2D eigenvalue weighted by Gasteiger charge is 2.20. The van der Waals surface area contributed by atoms with Crippen molar-refractivity contribution in [1.29, 1.82) is 0 Å². The van der Waals surface area contributed by atoms with Crippen molar-refractivity contribution in [2.24, 2.45) is 0 Å². The largest absolute Gasteiger partial charge is 0.398 e. The minimum Gasteiger partial charge on any atom is -0.398 e. The van der Waals surface area contributed by atoms with Crippen LogP contribution in [0.3, 0.4) is 0 Å². The van der Waals surface area contributed by atoms with E-state index in [1.165, 1.54) is 5.56 Å². The standard InChI is InChI=1S/C31H33N3O4S2/c1-5-23(18-22(3)39-29-15-11-10-14-26(29)32-21-30(35)33-40(4,36)37)19-31-34(6-2)27-20-25(16-17-28(27)38-31)24-12-8-7-9-13-24/h7-20,32H,5-6,21H2,1-4H3/p+1/b22-18-,23-19+. The van der Waals surface area contributed by atoms with E-state index in [4.69, 9.17) is 4.42 Å². The van der Waals surface area contributed by atoms with Crippen molar-refractivity contribution in [2.75, 3.05) is 18.1 Å². The van der Waals surface area contributed by atoms with Crippen molar-refractivity contribution in [3.05, 3.63) is 95.2 Å². The Bertz CT molecular complexity index is 1670. The summed E-state index contributed by atoms with van der Waals surface area (Å²) in [6.07, 6.45) is 6.01. The molecule has 40 heavy (non-hydrogen) atoms. The van der Waals surface area contributed by atoms with Crippen molar-refractivity contribution in [2.45, 2.75) is 38.6 Å². The minimum atomic E-state index is -3.60. The van der Waals surface area contributed by atoms with Gasteiger partial charge in [-0.2, -0.15) is 4.57 Å². The maximum Gasteiger partial charge on any atom is 0.374 e. The summed E-state index contributed by atoms with van der Waals surface area (Å²) >= 11 is 1.57. The minimum absolute atomic E-state index is 0.150. The number of carbonyl (C=O) groups excluding carboxylic acids is 1. The Labute approximate surface area is 240 Å². The number of oxazole rings is 1. The molecule has 0 saturated carbocycles. The van der Waals surface area contributed by atoms with Gasteiger partial charge in [0.05, 0.1) is 18.9 Å². The molecule has 0 fully saturated rings. The molecule has 4 aromatic rings. The van der Waals surface area contributed by atoms with Crippen LogP contribution < -0.4 is 14.6 Å². The molecule has 9 heteroatoms. The number of nitrogens with one attached hydrogen (secondary N) is 2. The number of benzene rings is 3. The number of nitrogens with zero attached hydrogens (tertiary/aromatic N) is 1. The maximum absolute atomic E-state index is 11.9. The second-order valence-corrected chi connectivity index (χ2v) is 12.3. The number of para-hydroxylation sites is 1. The van der Waals surface area contributed by atoms with E-state index in [1.54, 1.807) is 11.8 Å². The first-order valence-electron chi connectivity index (χ1n) is 13.1. The molecule has 1 heterocycles. The molecule has 0 aliphatic rings. The lowest BCUT2D eigenvalue weighted by molar-refractivity contribution is -0.674. The molecular formula is C31H34N3O4S2+. The van der Waals surface area contributed by atoms with Gasteiger partial charge in [-0.15, -0.1) is 0 Å². The van der Waals surface area contributed by atoms with E-state index in [2.05, 4.69) is 60.1 Å². The topological polar surface area (TPSA) is 92.3 Å². The van der Waals surface area contributed by atoms with Crippen molar-refractivity contribution in [3.8, 4) is 11.1 Å². The molecule has 0 unspecified atom stereocenters. The lowest BCUT2D eigenvalue weighted by Crippen LogP contribution is -2.34. The van der Waals surface area contributed by atoms with Gasteiger partial charge >= 0.3 is 5.89 Å². The number of sulfonamides is 1. The Morgan fingerprint density at radius 2 is 1.73 bits per heavy atom. The lowest BCUT2D eigenvalue weighted by Gasteiger charge is -2.12. The fraction of sp³-hybridized carbons (Fsp3) is 0.226. The molecule has 0 atom stereocenters. The summed E-state index contributed by atoms with van der Waals surface area (Å²) in [6, 6.07) is 24.2. The second kappa shape index (κ2) is 13.0. The highest BCUT2D eigenvalue weighted by atomic mass is 32.2. The predicted octanol–water partition coefficient (Wildman–Crippen LogP) is 6.38. The average molecular weight is 577 g/mol. The number of allylic oxidation sites excluding steroid dienone is 3. The molecule has 2 N–H and O–H groups in total. The number of hydrogen-bond donors (Lipinski definition) is 2. The van der Waals surface area contributed by atoms with E-state index in [0.29, 0.717) is 0 Å². The van der Waals surface area contributed by atoms with E-state index in [-0.39, 0.29) is 6.54 Å². The normalized spacial score (nSPS) is 12.5. The van der Waals surface area contributed by atoms with Crippen molar-refractivity contribution >= 4 is 50.6 Å². The molecule has 3 aromatic carbocycles. The molecule has 1 aromatic heterocycles. The van der Waals surface area contributed by atoms with Crippen LogP contribution in [0.1, 0.15) is 33.1 Å². The summed E-state index contributed by atoms with van der Waals surface area (Å²) in [5.41, 5.74) is 6.09. The molecule has 0 aliphatic heterocycles. The van der Waals surface area contributed by atoms with Gasteiger partial charge in [-0.05, 0) is 66.1 Å². The van der Waals surface area contributed by atoms with Gasteiger partial charge in [-0.25, -0.2) is 8.42 Å². The quantitative estimate of drug-likeness (QED) is 0.122. The molecule has 7 nitrogen and oxygen atoms in total. The Morgan fingerprint density at radius 3 is 2.42 bits per heavy atom. The van der Waals surface area contributed by atoms with Crippen molar-refractivity contribution < 1.29 is 22.2 Å². The monoisotopic (exact) mass is 576 g/mol. The average Bonchev–Trinajstić information content (AvgIpc) is 3.27. The number of rotatable bonds is 11. The zero-order valence-corrected chi connectivity index (χ0v) is 24.7. The maximum atomic E-state index is 11.9. The summed E-state index contributed by atoms with van der Waals surface area (Å²) in [5, 5.41) is 3.04. The van der Waals surface area contributed by atoms with Gasteiger partial charge in [-0.1, -0.05) is 67.2 Å². The number of amides is 1. The fourth-order valence-corrected chi connectivity index (χ4v) is 5.77. The number of carbonyl (C=O) groups is 1. The van der Waals surface area contributed by atoms with Gasteiger partial charge in [0.15, 0.2) is 0 Å². The highest BCUT2D eigenvalue weighted by molar-refractivity contribution is 8.03. The Hall–Kier alpha value is -3.82. The van der Waals surface area contributed by atoms with Gasteiger partial charge in [0.2, 0.25) is 15.6 Å². The van der Waals surface area contributed by atoms with E-state index < -0.39 is 15.9 Å². The Balaban J connectivity index is 1.56. The number of aryl methyl sites for hydroxylation is 1.